The lowest BCUT2D eigenvalue weighted by Gasteiger charge is -2.37. The summed E-state index contributed by atoms with van der Waals surface area (Å²) in [7, 11) is 0. The van der Waals surface area contributed by atoms with Crippen molar-refractivity contribution in [1.82, 2.24) is 9.80 Å². The molecule has 31 heavy (non-hydrogen) atoms. The number of aryl methyl sites for hydroxylation is 1. The zero-order valence-corrected chi connectivity index (χ0v) is 18.5. The Labute approximate surface area is 185 Å². The first kappa shape index (κ1) is 21.4. The largest absolute Gasteiger partial charge is 0.368 e. The van der Waals surface area contributed by atoms with Gasteiger partial charge in [-0.05, 0) is 37.0 Å². The number of piperazine rings is 1. The number of carbonyl (C=O) groups is 2. The van der Waals surface area contributed by atoms with Crippen LogP contribution in [-0.2, 0) is 16.1 Å². The molecule has 0 saturated carbocycles. The molecule has 5 heteroatoms. The van der Waals surface area contributed by atoms with Crippen LogP contribution in [0.1, 0.15) is 36.8 Å². The molecule has 0 aliphatic carbocycles. The number of likely N-dealkylation sites (tertiary alicyclic amines) is 1. The molecule has 2 aromatic rings. The number of para-hydroxylation sites is 1. The van der Waals surface area contributed by atoms with Crippen LogP contribution in [0.4, 0.5) is 5.69 Å². The first-order chi connectivity index (χ1) is 15.1. The Morgan fingerprint density at radius 1 is 0.903 bits per heavy atom. The summed E-state index contributed by atoms with van der Waals surface area (Å²) in [5.74, 6) is 0.0886. The molecule has 164 valence electrons. The minimum absolute atomic E-state index is 0.129. The first-order valence-corrected chi connectivity index (χ1v) is 11.5. The molecule has 0 aromatic heterocycles. The Bertz CT molecular complexity index is 891. The quantitative estimate of drug-likeness (QED) is 0.739. The van der Waals surface area contributed by atoms with Gasteiger partial charge >= 0.3 is 0 Å². The molecule has 2 fully saturated rings. The van der Waals surface area contributed by atoms with Crippen LogP contribution in [0.5, 0.6) is 0 Å². The number of hydrogen-bond acceptors (Lipinski definition) is 3. The van der Waals surface area contributed by atoms with Crippen molar-refractivity contribution < 1.29 is 9.59 Å². The molecular formula is C26H33N3O2. The lowest BCUT2D eigenvalue weighted by molar-refractivity contribution is -0.141. The van der Waals surface area contributed by atoms with Gasteiger partial charge in [0.25, 0.3) is 0 Å². The summed E-state index contributed by atoms with van der Waals surface area (Å²) in [6, 6.07) is 18.5. The van der Waals surface area contributed by atoms with Crippen molar-refractivity contribution in [2.24, 2.45) is 5.92 Å². The van der Waals surface area contributed by atoms with Crippen LogP contribution in [0.3, 0.4) is 0 Å². The van der Waals surface area contributed by atoms with Crippen molar-refractivity contribution >= 4 is 17.5 Å². The summed E-state index contributed by atoms with van der Waals surface area (Å²) in [4.78, 5) is 32.5. The maximum absolute atomic E-state index is 13.2. The van der Waals surface area contributed by atoms with Gasteiger partial charge in [-0.15, -0.1) is 0 Å². The molecule has 2 aliphatic rings. The average Bonchev–Trinajstić information content (AvgIpc) is 2.96. The number of hydrogen-bond donors (Lipinski definition) is 0. The number of nitrogens with zero attached hydrogens (tertiary/aromatic N) is 3. The monoisotopic (exact) mass is 419 g/mol. The van der Waals surface area contributed by atoms with Gasteiger partial charge in [0.05, 0.1) is 0 Å². The molecule has 1 unspecified atom stereocenters. The number of anilines is 1. The second kappa shape index (κ2) is 9.99. The van der Waals surface area contributed by atoms with E-state index in [0.29, 0.717) is 13.0 Å². The lowest BCUT2D eigenvalue weighted by Crippen LogP contribution is -2.49. The Morgan fingerprint density at radius 2 is 1.61 bits per heavy atom. The summed E-state index contributed by atoms with van der Waals surface area (Å²) in [5.41, 5.74) is 3.67. The maximum atomic E-state index is 13.2. The minimum atomic E-state index is -0.187. The molecule has 2 amide bonds. The fourth-order valence-corrected chi connectivity index (χ4v) is 4.79. The van der Waals surface area contributed by atoms with E-state index >= 15 is 0 Å². The summed E-state index contributed by atoms with van der Waals surface area (Å²) in [5, 5.41) is 0. The summed E-state index contributed by atoms with van der Waals surface area (Å²) >= 11 is 0. The van der Waals surface area contributed by atoms with Gasteiger partial charge in [-0.2, -0.15) is 0 Å². The van der Waals surface area contributed by atoms with Gasteiger partial charge in [-0.25, -0.2) is 0 Å². The van der Waals surface area contributed by atoms with Gasteiger partial charge in [0, 0.05) is 57.3 Å². The van der Waals surface area contributed by atoms with E-state index in [1.165, 1.54) is 11.3 Å². The van der Waals surface area contributed by atoms with Gasteiger partial charge in [0.2, 0.25) is 11.8 Å². The number of carbonyl (C=O) groups excluding carboxylic acids is 2. The van der Waals surface area contributed by atoms with E-state index in [1.807, 2.05) is 28.0 Å². The van der Waals surface area contributed by atoms with Crippen LogP contribution in [0.15, 0.2) is 54.6 Å². The fraction of sp³-hybridized carbons (Fsp3) is 0.462. The molecule has 0 N–H and O–H groups in total. The number of benzene rings is 2. The van der Waals surface area contributed by atoms with Gasteiger partial charge in [0.1, 0.15) is 0 Å². The first-order valence-electron chi connectivity index (χ1n) is 11.5. The highest BCUT2D eigenvalue weighted by atomic mass is 16.2. The van der Waals surface area contributed by atoms with Crippen LogP contribution in [0, 0.1) is 12.8 Å². The van der Waals surface area contributed by atoms with Crippen LogP contribution in [0.2, 0.25) is 0 Å². The molecule has 2 saturated heterocycles. The normalized spacial score (nSPS) is 20.0. The second-order valence-electron chi connectivity index (χ2n) is 8.80. The van der Waals surface area contributed by atoms with Crippen molar-refractivity contribution in [3.63, 3.8) is 0 Å². The molecule has 0 bridgehead atoms. The van der Waals surface area contributed by atoms with E-state index in [4.69, 9.17) is 0 Å². The Kier molecular flexibility index (Phi) is 6.90. The van der Waals surface area contributed by atoms with E-state index in [-0.39, 0.29) is 17.7 Å². The van der Waals surface area contributed by atoms with Crippen molar-refractivity contribution in [2.75, 3.05) is 37.6 Å². The van der Waals surface area contributed by atoms with E-state index < -0.39 is 0 Å². The van der Waals surface area contributed by atoms with E-state index in [1.54, 1.807) is 0 Å². The van der Waals surface area contributed by atoms with E-state index in [0.717, 1.165) is 57.5 Å². The van der Waals surface area contributed by atoms with Gasteiger partial charge in [0.15, 0.2) is 0 Å². The molecule has 0 radical (unpaired) electrons. The van der Waals surface area contributed by atoms with E-state index in [2.05, 4.69) is 48.2 Å². The van der Waals surface area contributed by atoms with Crippen molar-refractivity contribution in [2.45, 2.75) is 39.2 Å². The van der Waals surface area contributed by atoms with Crippen molar-refractivity contribution in [3.05, 3.63) is 65.7 Å². The van der Waals surface area contributed by atoms with Crippen LogP contribution in [0.25, 0.3) is 0 Å². The van der Waals surface area contributed by atoms with Crippen LogP contribution in [-0.4, -0.2) is 54.3 Å². The Hall–Kier alpha value is -2.82. The predicted molar refractivity (Wildman–Crippen MR) is 124 cm³/mol. The second-order valence-corrected chi connectivity index (χ2v) is 8.80. The standard InChI is InChI=1S/C26H33N3O2/c1-21-9-5-6-13-24(21)27-15-17-28(18-16-27)25(30)19-23-12-7-8-14-29(26(23)31)20-22-10-3-2-4-11-22/h2-6,9-11,13,23H,7-8,12,14-20H2,1H3. The summed E-state index contributed by atoms with van der Waals surface area (Å²) < 4.78 is 0. The van der Waals surface area contributed by atoms with Gasteiger partial charge < -0.3 is 14.7 Å². The summed E-state index contributed by atoms with van der Waals surface area (Å²) in [6.45, 7) is 6.69. The topological polar surface area (TPSA) is 43.9 Å². The van der Waals surface area contributed by atoms with Crippen molar-refractivity contribution in [3.8, 4) is 0 Å². The zero-order valence-electron chi connectivity index (χ0n) is 18.5. The smallest absolute Gasteiger partial charge is 0.226 e. The average molecular weight is 420 g/mol. The Balaban J connectivity index is 1.33. The highest BCUT2D eigenvalue weighted by Gasteiger charge is 2.31. The molecule has 2 aliphatic heterocycles. The third-order valence-electron chi connectivity index (χ3n) is 6.62. The molecule has 0 spiro atoms. The minimum Gasteiger partial charge on any atom is -0.368 e. The highest BCUT2D eigenvalue weighted by molar-refractivity contribution is 5.86. The summed E-state index contributed by atoms with van der Waals surface area (Å²) in [6.07, 6.45) is 3.18. The van der Waals surface area contributed by atoms with Crippen LogP contribution >= 0.6 is 0 Å². The third kappa shape index (κ3) is 5.27. The Morgan fingerprint density at radius 3 is 2.35 bits per heavy atom. The molecular weight excluding hydrogens is 386 g/mol. The highest BCUT2D eigenvalue weighted by Crippen LogP contribution is 2.25. The van der Waals surface area contributed by atoms with Gasteiger partial charge in [-0.3, -0.25) is 9.59 Å². The third-order valence-corrected chi connectivity index (χ3v) is 6.62. The lowest BCUT2D eigenvalue weighted by atomic mass is 9.97. The molecule has 4 rings (SSSR count). The van der Waals surface area contributed by atoms with Crippen LogP contribution < -0.4 is 4.90 Å². The molecule has 1 atom stereocenters. The predicted octanol–water partition coefficient (Wildman–Crippen LogP) is 3.86. The molecule has 2 aromatic carbocycles. The zero-order chi connectivity index (χ0) is 21.6. The number of amides is 2. The van der Waals surface area contributed by atoms with Gasteiger partial charge in [-0.1, -0.05) is 55.0 Å². The van der Waals surface area contributed by atoms with E-state index in [9.17, 15) is 9.59 Å². The molecule has 2 heterocycles. The number of rotatable bonds is 5. The molecule has 5 nitrogen and oxygen atoms in total. The maximum Gasteiger partial charge on any atom is 0.226 e. The SMILES string of the molecule is Cc1ccccc1N1CCN(C(=O)CC2CCCCN(Cc3ccccc3)C2=O)CC1. The van der Waals surface area contributed by atoms with Crippen molar-refractivity contribution in [1.29, 1.82) is 0 Å². The fourth-order valence-electron chi connectivity index (χ4n) is 4.79.